The van der Waals surface area contributed by atoms with Crippen molar-refractivity contribution in [2.24, 2.45) is 10.7 Å². The number of nitrogens with zero attached hydrogens (tertiary/aromatic N) is 2. The van der Waals surface area contributed by atoms with Crippen molar-refractivity contribution in [3.63, 3.8) is 0 Å². The Bertz CT molecular complexity index is 655. The van der Waals surface area contributed by atoms with Crippen LogP contribution in [0.4, 0.5) is 5.69 Å². The molecule has 5 nitrogen and oxygen atoms in total. The monoisotopic (exact) mass is 282 g/mol. The van der Waals surface area contributed by atoms with Gasteiger partial charge in [0.1, 0.15) is 17.3 Å². The topological polar surface area (TPSA) is 72.5 Å². The molecule has 1 aliphatic heterocycles. The van der Waals surface area contributed by atoms with E-state index >= 15 is 0 Å². The second kappa shape index (κ2) is 5.93. The maximum Gasteiger partial charge on any atom is 0.153 e. The highest BCUT2D eigenvalue weighted by Gasteiger charge is 2.17. The Balaban J connectivity index is 1.64. The fourth-order valence-corrected chi connectivity index (χ4v) is 2.19. The molecule has 0 amide bonds. The molecule has 1 unspecified atom stereocenters. The van der Waals surface area contributed by atoms with E-state index in [9.17, 15) is 0 Å². The van der Waals surface area contributed by atoms with Crippen molar-refractivity contribution in [2.75, 3.05) is 0 Å². The highest BCUT2D eigenvalue weighted by Crippen LogP contribution is 2.32. The van der Waals surface area contributed by atoms with Crippen molar-refractivity contribution in [3.05, 3.63) is 53.9 Å². The summed E-state index contributed by atoms with van der Waals surface area (Å²) in [5, 5.41) is 3.40. The van der Waals surface area contributed by atoms with Crippen LogP contribution in [0.5, 0.6) is 5.75 Å². The summed E-state index contributed by atoms with van der Waals surface area (Å²) in [5.74, 6) is 1.30. The Morgan fingerprint density at radius 2 is 1.90 bits per heavy atom. The number of hydrogen-bond donors (Lipinski definition) is 2. The second-order valence-electron chi connectivity index (χ2n) is 5.06. The van der Waals surface area contributed by atoms with Gasteiger partial charge >= 0.3 is 0 Å². The first-order valence-electron chi connectivity index (χ1n) is 6.95. The third-order valence-electron chi connectivity index (χ3n) is 3.40. The Kier molecular flexibility index (Phi) is 3.83. The van der Waals surface area contributed by atoms with Crippen LogP contribution in [0.25, 0.3) is 0 Å². The molecule has 1 atom stereocenters. The van der Waals surface area contributed by atoms with Crippen LogP contribution in [-0.2, 0) is 13.1 Å². The van der Waals surface area contributed by atoms with Crippen LogP contribution in [0.2, 0.25) is 0 Å². The number of nitrogens with one attached hydrogen (secondary N) is 1. The van der Waals surface area contributed by atoms with Gasteiger partial charge in [-0.1, -0.05) is 6.07 Å². The van der Waals surface area contributed by atoms with Crippen molar-refractivity contribution in [2.45, 2.75) is 26.1 Å². The van der Waals surface area contributed by atoms with Crippen molar-refractivity contribution in [1.29, 1.82) is 0 Å². The molecule has 0 aliphatic carbocycles. The minimum atomic E-state index is -0.159. The Hall–Kier alpha value is -2.40. The quantitative estimate of drug-likeness (QED) is 0.901. The van der Waals surface area contributed by atoms with E-state index in [1.165, 1.54) is 5.56 Å². The van der Waals surface area contributed by atoms with E-state index in [1.54, 1.807) is 12.4 Å². The first-order chi connectivity index (χ1) is 10.2. The lowest BCUT2D eigenvalue weighted by atomic mass is 10.1. The van der Waals surface area contributed by atoms with Gasteiger partial charge in [0, 0.05) is 25.5 Å². The van der Waals surface area contributed by atoms with E-state index in [1.807, 2.05) is 37.3 Å². The molecule has 108 valence electrons. The number of ether oxygens (including phenoxy) is 1. The number of amidine groups is 1. The summed E-state index contributed by atoms with van der Waals surface area (Å²) in [6, 6.07) is 10.0. The lowest BCUT2D eigenvalue weighted by Crippen LogP contribution is -2.33. The summed E-state index contributed by atoms with van der Waals surface area (Å²) in [6.45, 7) is 3.46. The summed E-state index contributed by atoms with van der Waals surface area (Å²) < 4.78 is 5.69. The van der Waals surface area contributed by atoms with Gasteiger partial charge in [0.15, 0.2) is 6.10 Å². The minimum Gasteiger partial charge on any atom is -0.481 e. The first kappa shape index (κ1) is 13.6. The zero-order valence-electron chi connectivity index (χ0n) is 11.9. The van der Waals surface area contributed by atoms with Crippen LogP contribution in [0.1, 0.15) is 18.1 Å². The molecule has 1 aliphatic rings. The molecule has 0 saturated heterocycles. The SMILES string of the molecule is CC1Oc2ccc(CNCc3ccncc3)cc2N=C1N. The zero-order valence-corrected chi connectivity index (χ0v) is 11.9. The van der Waals surface area contributed by atoms with Gasteiger partial charge in [-0.25, -0.2) is 4.99 Å². The number of rotatable bonds is 4. The third kappa shape index (κ3) is 3.20. The molecule has 0 radical (unpaired) electrons. The third-order valence-corrected chi connectivity index (χ3v) is 3.40. The van der Waals surface area contributed by atoms with Crippen LogP contribution in [0.3, 0.4) is 0 Å². The van der Waals surface area contributed by atoms with Gasteiger partial charge in [0.25, 0.3) is 0 Å². The van der Waals surface area contributed by atoms with Gasteiger partial charge < -0.3 is 15.8 Å². The van der Waals surface area contributed by atoms with Gasteiger partial charge in [0.05, 0.1) is 0 Å². The van der Waals surface area contributed by atoms with Crippen LogP contribution in [-0.4, -0.2) is 16.9 Å². The summed E-state index contributed by atoms with van der Waals surface area (Å²) in [4.78, 5) is 8.39. The maximum atomic E-state index is 5.82. The normalized spacial score (nSPS) is 16.8. The summed E-state index contributed by atoms with van der Waals surface area (Å²) in [5.41, 5.74) is 8.98. The van der Waals surface area contributed by atoms with E-state index in [0.29, 0.717) is 5.84 Å². The van der Waals surface area contributed by atoms with Crippen molar-refractivity contribution < 1.29 is 4.74 Å². The largest absolute Gasteiger partial charge is 0.481 e. The Labute approximate surface area is 123 Å². The number of fused-ring (bicyclic) bond motifs is 1. The van der Waals surface area contributed by atoms with Gasteiger partial charge in [0.2, 0.25) is 0 Å². The van der Waals surface area contributed by atoms with Gasteiger partial charge in [-0.3, -0.25) is 4.98 Å². The molecule has 0 spiro atoms. The molecule has 5 heteroatoms. The van der Waals surface area contributed by atoms with E-state index in [-0.39, 0.29) is 6.10 Å². The molecule has 2 aromatic rings. The van der Waals surface area contributed by atoms with E-state index in [0.717, 1.165) is 30.1 Å². The number of nitrogens with two attached hydrogens (primary N) is 1. The molecule has 2 heterocycles. The number of aliphatic imine (C=N–C) groups is 1. The van der Waals surface area contributed by atoms with Crippen LogP contribution in [0.15, 0.2) is 47.7 Å². The number of hydrogen-bond acceptors (Lipinski definition) is 5. The summed E-state index contributed by atoms with van der Waals surface area (Å²) in [6.07, 6.45) is 3.44. The van der Waals surface area contributed by atoms with E-state index in [4.69, 9.17) is 10.5 Å². The molecule has 1 aromatic heterocycles. The maximum absolute atomic E-state index is 5.82. The number of benzene rings is 1. The van der Waals surface area contributed by atoms with Gasteiger partial charge in [-0.05, 0) is 42.3 Å². The second-order valence-corrected chi connectivity index (χ2v) is 5.06. The van der Waals surface area contributed by atoms with Gasteiger partial charge in [-0.15, -0.1) is 0 Å². The highest BCUT2D eigenvalue weighted by atomic mass is 16.5. The Morgan fingerprint density at radius 3 is 2.71 bits per heavy atom. The average Bonchev–Trinajstić information content (AvgIpc) is 2.50. The molecule has 3 rings (SSSR count). The Morgan fingerprint density at radius 1 is 1.14 bits per heavy atom. The van der Waals surface area contributed by atoms with Crippen molar-refractivity contribution >= 4 is 11.5 Å². The summed E-state index contributed by atoms with van der Waals surface area (Å²) in [7, 11) is 0. The van der Waals surface area contributed by atoms with Crippen molar-refractivity contribution in [3.8, 4) is 5.75 Å². The predicted molar refractivity (Wildman–Crippen MR) is 82.6 cm³/mol. The molecule has 21 heavy (non-hydrogen) atoms. The number of pyridine rings is 1. The fourth-order valence-electron chi connectivity index (χ4n) is 2.19. The molecule has 3 N–H and O–H groups in total. The molecular formula is C16H18N4O. The van der Waals surface area contributed by atoms with Crippen LogP contribution >= 0.6 is 0 Å². The molecular weight excluding hydrogens is 264 g/mol. The van der Waals surface area contributed by atoms with Gasteiger partial charge in [-0.2, -0.15) is 0 Å². The minimum absolute atomic E-state index is 0.159. The number of aromatic nitrogens is 1. The standard InChI is InChI=1S/C16H18N4O/c1-11-16(17)20-14-8-13(2-3-15(14)21-11)10-19-9-12-4-6-18-7-5-12/h2-8,11,19H,9-10H2,1H3,(H2,17,20). The lowest BCUT2D eigenvalue weighted by Gasteiger charge is -2.21. The van der Waals surface area contributed by atoms with Crippen LogP contribution in [0, 0.1) is 0 Å². The van der Waals surface area contributed by atoms with E-state index in [2.05, 4.69) is 15.3 Å². The molecule has 0 saturated carbocycles. The van der Waals surface area contributed by atoms with Crippen LogP contribution < -0.4 is 15.8 Å². The zero-order chi connectivity index (χ0) is 14.7. The highest BCUT2D eigenvalue weighted by molar-refractivity contribution is 5.89. The summed E-state index contributed by atoms with van der Waals surface area (Å²) >= 11 is 0. The lowest BCUT2D eigenvalue weighted by molar-refractivity contribution is 0.281. The molecule has 1 aromatic carbocycles. The average molecular weight is 282 g/mol. The van der Waals surface area contributed by atoms with Crippen molar-refractivity contribution in [1.82, 2.24) is 10.3 Å². The first-order valence-corrected chi connectivity index (χ1v) is 6.95. The predicted octanol–water partition coefficient (Wildman–Crippen LogP) is 2.14. The molecule has 0 fully saturated rings. The molecule has 0 bridgehead atoms. The van der Waals surface area contributed by atoms with E-state index < -0.39 is 0 Å². The smallest absolute Gasteiger partial charge is 0.153 e. The fraction of sp³-hybridized carbons (Fsp3) is 0.250.